The molecule has 0 fully saturated rings. The zero-order chi connectivity index (χ0) is 20.2. The molecule has 142 valence electrons. The summed E-state index contributed by atoms with van der Waals surface area (Å²) in [5, 5.41) is 25.7. The third-order valence-electron chi connectivity index (χ3n) is 4.41. The normalized spacial score (nSPS) is 18.3. The molecular weight excluding hydrogens is 342 g/mol. The number of nitrogens with two attached hydrogens (primary N) is 1. The van der Waals surface area contributed by atoms with Crippen LogP contribution >= 0.6 is 0 Å². The first kappa shape index (κ1) is 21.0. The molecule has 1 aromatic carbocycles. The van der Waals surface area contributed by atoms with E-state index >= 15 is 0 Å². The van der Waals surface area contributed by atoms with Crippen molar-refractivity contribution in [1.82, 2.24) is 0 Å². The van der Waals surface area contributed by atoms with Crippen LogP contribution in [0.2, 0.25) is 0 Å². The van der Waals surface area contributed by atoms with Crippen LogP contribution in [0, 0.1) is 20.8 Å². The highest BCUT2D eigenvalue weighted by atomic mass is 16.5. The Labute approximate surface area is 150 Å². The number of aliphatic carboxylic acids is 2. The molecule has 8 nitrogen and oxygen atoms in total. The van der Waals surface area contributed by atoms with E-state index in [0.29, 0.717) is 36.5 Å². The SMILES string of the molecule is Cc1c(C)c2c(c(C)c1O)CCC(C)(C(N)=O)O2.O=C(O)/C=C/C(=O)O. The van der Waals surface area contributed by atoms with Gasteiger partial charge in [-0.2, -0.15) is 0 Å². The number of carboxylic acids is 2. The van der Waals surface area contributed by atoms with Crippen molar-refractivity contribution in [3.05, 3.63) is 34.4 Å². The number of ether oxygens (including phenoxy) is 1. The third kappa shape index (κ3) is 4.53. The summed E-state index contributed by atoms with van der Waals surface area (Å²) in [6, 6.07) is 0. The number of phenols is 1. The van der Waals surface area contributed by atoms with Crippen molar-refractivity contribution in [2.45, 2.75) is 46.1 Å². The Kier molecular flexibility index (Phi) is 6.39. The van der Waals surface area contributed by atoms with Crippen LogP contribution in [0.4, 0.5) is 0 Å². The molecule has 0 radical (unpaired) electrons. The molecule has 0 bridgehead atoms. The number of primary amides is 1. The first-order valence-electron chi connectivity index (χ1n) is 7.85. The molecule has 0 aromatic heterocycles. The van der Waals surface area contributed by atoms with E-state index in [-0.39, 0.29) is 0 Å². The smallest absolute Gasteiger partial charge is 0.328 e. The number of carbonyl (C=O) groups is 3. The second-order valence-electron chi connectivity index (χ2n) is 6.24. The minimum absolute atomic E-state index is 0.317. The maximum Gasteiger partial charge on any atom is 0.328 e. The van der Waals surface area contributed by atoms with Crippen molar-refractivity contribution in [3.8, 4) is 11.5 Å². The van der Waals surface area contributed by atoms with E-state index in [1.807, 2.05) is 20.8 Å². The molecule has 8 heteroatoms. The Balaban J connectivity index is 0.000000359. The molecular formula is C18H23NO7. The summed E-state index contributed by atoms with van der Waals surface area (Å²) in [5.41, 5.74) is 7.93. The summed E-state index contributed by atoms with van der Waals surface area (Å²) >= 11 is 0. The molecule has 1 atom stereocenters. The molecule has 2 rings (SSSR count). The predicted octanol–water partition coefficient (Wildman–Crippen LogP) is 1.60. The summed E-state index contributed by atoms with van der Waals surface area (Å²) < 4.78 is 5.84. The fraction of sp³-hybridized carbons (Fsp3) is 0.389. The van der Waals surface area contributed by atoms with E-state index in [0.717, 1.165) is 22.3 Å². The number of carbonyl (C=O) groups excluding carboxylic acids is 1. The summed E-state index contributed by atoms with van der Waals surface area (Å²) in [4.78, 5) is 30.6. The van der Waals surface area contributed by atoms with Gasteiger partial charge in [0.2, 0.25) is 0 Å². The van der Waals surface area contributed by atoms with Crippen LogP contribution < -0.4 is 10.5 Å². The summed E-state index contributed by atoms with van der Waals surface area (Å²) in [6.45, 7) is 7.32. The highest BCUT2D eigenvalue weighted by Gasteiger charge is 2.39. The Morgan fingerprint density at radius 2 is 1.54 bits per heavy atom. The number of rotatable bonds is 3. The molecule has 5 N–H and O–H groups in total. The van der Waals surface area contributed by atoms with E-state index in [1.165, 1.54) is 0 Å². The molecule has 0 aliphatic carbocycles. The number of aromatic hydroxyl groups is 1. The zero-order valence-corrected chi connectivity index (χ0v) is 15.1. The van der Waals surface area contributed by atoms with Gasteiger partial charge in [0.05, 0.1) is 0 Å². The van der Waals surface area contributed by atoms with E-state index < -0.39 is 23.4 Å². The van der Waals surface area contributed by atoms with Crippen LogP contribution in [0.15, 0.2) is 12.2 Å². The van der Waals surface area contributed by atoms with Crippen LogP contribution in [-0.4, -0.2) is 38.8 Å². The van der Waals surface area contributed by atoms with Crippen LogP contribution in [0.5, 0.6) is 11.5 Å². The molecule has 0 spiro atoms. The third-order valence-corrected chi connectivity index (χ3v) is 4.41. The van der Waals surface area contributed by atoms with Crippen LogP contribution in [-0.2, 0) is 20.8 Å². The van der Waals surface area contributed by atoms with Gasteiger partial charge >= 0.3 is 11.9 Å². The van der Waals surface area contributed by atoms with Crippen LogP contribution in [0.1, 0.15) is 35.6 Å². The van der Waals surface area contributed by atoms with Crippen LogP contribution in [0.3, 0.4) is 0 Å². The minimum atomic E-state index is -1.26. The molecule has 0 saturated heterocycles. The highest BCUT2D eigenvalue weighted by molar-refractivity contribution is 5.89. The number of fused-ring (bicyclic) bond motifs is 1. The topological polar surface area (TPSA) is 147 Å². The molecule has 1 heterocycles. The van der Waals surface area contributed by atoms with Crippen molar-refractivity contribution in [1.29, 1.82) is 0 Å². The summed E-state index contributed by atoms with van der Waals surface area (Å²) in [7, 11) is 0. The van der Waals surface area contributed by atoms with Gasteiger partial charge in [-0.3, -0.25) is 4.79 Å². The molecule has 1 amide bonds. The first-order valence-corrected chi connectivity index (χ1v) is 7.85. The minimum Gasteiger partial charge on any atom is -0.507 e. The maximum atomic E-state index is 11.5. The Hall–Kier alpha value is -3.03. The van der Waals surface area contributed by atoms with Crippen LogP contribution in [0.25, 0.3) is 0 Å². The zero-order valence-electron chi connectivity index (χ0n) is 15.1. The number of amides is 1. The fourth-order valence-electron chi connectivity index (χ4n) is 2.56. The lowest BCUT2D eigenvalue weighted by atomic mass is 9.87. The van der Waals surface area contributed by atoms with Gasteiger partial charge in [-0.25, -0.2) is 9.59 Å². The average Bonchev–Trinajstić information content (AvgIpc) is 2.56. The first-order chi connectivity index (χ1) is 11.9. The standard InChI is InChI=1S/C14H19NO3.C4H4O4/c1-7-8(2)12-10(9(3)11(7)16)5-6-14(4,18-12)13(15)17;5-3(6)1-2-4(7)8/h16H,5-6H2,1-4H3,(H2,15,17);1-2H,(H,5,6)(H,7,8)/b;2-1+. The van der Waals surface area contributed by atoms with Gasteiger partial charge in [0.1, 0.15) is 11.5 Å². The number of phenolic OH excluding ortho intramolecular Hbond substituents is 1. The second-order valence-corrected chi connectivity index (χ2v) is 6.24. The van der Waals surface area contributed by atoms with Gasteiger partial charge in [-0.05, 0) is 50.8 Å². The highest BCUT2D eigenvalue weighted by Crippen LogP contribution is 2.43. The largest absolute Gasteiger partial charge is 0.507 e. The van der Waals surface area contributed by atoms with Gasteiger partial charge in [0.25, 0.3) is 5.91 Å². The predicted molar refractivity (Wildman–Crippen MR) is 93.3 cm³/mol. The summed E-state index contributed by atoms with van der Waals surface area (Å²) in [6.07, 6.45) is 2.35. The van der Waals surface area contributed by atoms with E-state index in [2.05, 4.69) is 0 Å². The molecule has 1 aliphatic rings. The quantitative estimate of drug-likeness (QED) is 0.595. The van der Waals surface area contributed by atoms with Gasteiger partial charge in [0.15, 0.2) is 5.60 Å². The Morgan fingerprint density at radius 1 is 1.04 bits per heavy atom. The molecule has 1 aromatic rings. The second kappa shape index (κ2) is 7.90. The van der Waals surface area contributed by atoms with E-state index in [9.17, 15) is 19.5 Å². The lowest BCUT2D eigenvalue weighted by Gasteiger charge is -2.35. The number of hydrogen-bond donors (Lipinski definition) is 4. The van der Waals surface area contributed by atoms with E-state index in [4.69, 9.17) is 20.7 Å². The van der Waals surface area contributed by atoms with Crippen molar-refractivity contribution in [2.75, 3.05) is 0 Å². The van der Waals surface area contributed by atoms with Gasteiger partial charge < -0.3 is 25.8 Å². The lowest BCUT2D eigenvalue weighted by Crippen LogP contribution is -2.48. The monoisotopic (exact) mass is 365 g/mol. The number of benzene rings is 1. The van der Waals surface area contributed by atoms with Crippen molar-refractivity contribution >= 4 is 17.8 Å². The Bertz CT molecular complexity index is 766. The number of carboxylic acid groups (broad SMARTS) is 2. The van der Waals surface area contributed by atoms with Gasteiger partial charge in [-0.15, -0.1) is 0 Å². The average molecular weight is 365 g/mol. The maximum absolute atomic E-state index is 11.5. The molecule has 1 aliphatic heterocycles. The lowest BCUT2D eigenvalue weighted by molar-refractivity contribution is -0.134. The molecule has 0 saturated carbocycles. The van der Waals surface area contributed by atoms with Crippen molar-refractivity contribution in [3.63, 3.8) is 0 Å². The van der Waals surface area contributed by atoms with Crippen molar-refractivity contribution < 1.29 is 34.4 Å². The van der Waals surface area contributed by atoms with Gasteiger partial charge in [-0.1, -0.05) is 0 Å². The van der Waals surface area contributed by atoms with Gasteiger partial charge in [0, 0.05) is 24.1 Å². The summed E-state index contributed by atoms with van der Waals surface area (Å²) in [5.74, 6) is -1.94. The Morgan fingerprint density at radius 3 is 1.96 bits per heavy atom. The fourth-order valence-corrected chi connectivity index (χ4v) is 2.56. The molecule has 26 heavy (non-hydrogen) atoms. The molecule has 1 unspecified atom stereocenters. The number of hydrogen-bond acceptors (Lipinski definition) is 5. The van der Waals surface area contributed by atoms with E-state index in [1.54, 1.807) is 6.92 Å². The van der Waals surface area contributed by atoms with Crippen molar-refractivity contribution in [2.24, 2.45) is 5.73 Å².